The van der Waals surface area contributed by atoms with E-state index in [1.165, 1.54) is 14.2 Å². The van der Waals surface area contributed by atoms with Gasteiger partial charge in [-0.15, -0.1) is 0 Å². The molecule has 1 atom stereocenters. The maximum Gasteiger partial charge on any atom is 0.500 e. The molecule has 18 heavy (non-hydrogen) atoms. The van der Waals surface area contributed by atoms with Crippen LogP contribution in [0.5, 0.6) is 0 Å². The largest absolute Gasteiger partial charge is 0.500 e. The summed E-state index contributed by atoms with van der Waals surface area (Å²) < 4.78 is 20.9. The molecular formula is C11H20O6Si. The molecule has 7 heteroatoms. The van der Waals surface area contributed by atoms with Gasteiger partial charge in [0.2, 0.25) is 0 Å². The van der Waals surface area contributed by atoms with E-state index in [1.807, 2.05) is 13.8 Å². The highest BCUT2D eigenvalue weighted by Crippen LogP contribution is 2.23. The van der Waals surface area contributed by atoms with Gasteiger partial charge in [0.25, 0.3) is 0 Å². The van der Waals surface area contributed by atoms with Gasteiger partial charge in [-0.2, -0.15) is 0 Å². The van der Waals surface area contributed by atoms with E-state index in [0.29, 0.717) is 12.0 Å². The minimum atomic E-state index is -2.74. The predicted molar refractivity (Wildman–Crippen MR) is 64.6 cm³/mol. The van der Waals surface area contributed by atoms with Crippen molar-refractivity contribution in [3.8, 4) is 0 Å². The molecule has 0 bridgehead atoms. The van der Waals surface area contributed by atoms with Gasteiger partial charge in [0.05, 0.1) is 18.9 Å². The molecule has 0 radical (unpaired) electrons. The Bertz CT molecular complexity index is 313. The summed E-state index contributed by atoms with van der Waals surface area (Å²) in [7, 11) is 0.331. The van der Waals surface area contributed by atoms with Gasteiger partial charge in [0.15, 0.2) is 0 Å². The summed E-state index contributed by atoms with van der Waals surface area (Å²) in [5, 5.41) is 0. The molecule has 0 spiro atoms. The number of rotatable bonds is 7. The third-order valence-corrected chi connectivity index (χ3v) is 5.91. The zero-order chi connectivity index (χ0) is 13.8. The van der Waals surface area contributed by atoms with E-state index in [2.05, 4.69) is 4.74 Å². The molecule has 0 amide bonds. The van der Waals surface area contributed by atoms with E-state index in [4.69, 9.17) is 13.3 Å². The van der Waals surface area contributed by atoms with Gasteiger partial charge in [-0.1, -0.05) is 13.8 Å². The maximum absolute atomic E-state index is 11.3. The van der Waals surface area contributed by atoms with Crippen LogP contribution in [0.25, 0.3) is 0 Å². The highest BCUT2D eigenvalue weighted by Gasteiger charge is 2.43. The van der Waals surface area contributed by atoms with Crippen molar-refractivity contribution in [2.45, 2.75) is 26.3 Å². The van der Waals surface area contributed by atoms with E-state index in [1.54, 1.807) is 0 Å². The highest BCUT2D eigenvalue weighted by molar-refractivity contribution is 6.60. The lowest BCUT2D eigenvalue weighted by atomic mass is 10.1. The fraction of sp³-hybridized carbons (Fsp3) is 0.818. The van der Waals surface area contributed by atoms with Crippen molar-refractivity contribution < 1.29 is 27.6 Å². The van der Waals surface area contributed by atoms with Gasteiger partial charge < -0.3 is 18.0 Å². The van der Waals surface area contributed by atoms with Crippen LogP contribution < -0.4 is 0 Å². The summed E-state index contributed by atoms with van der Waals surface area (Å²) in [5.41, 5.74) is 0. The van der Waals surface area contributed by atoms with Gasteiger partial charge in [0.1, 0.15) is 0 Å². The summed E-state index contributed by atoms with van der Waals surface area (Å²) >= 11 is 0. The Hall–Kier alpha value is -0.763. The average Bonchev–Trinajstić information content (AvgIpc) is 2.63. The van der Waals surface area contributed by atoms with Crippen LogP contribution in [0, 0.1) is 11.8 Å². The quantitative estimate of drug-likeness (QED) is 0.392. The van der Waals surface area contributed by atoms with Crippen LogP contribution in [-0.2, 0) is 27.6 Å². The van der Waals surface area contributed by atoms with Crippen molar-refractivity contribution in [2.24, 2.45) is 11.8 Å². The Morgan fingerprint density at radius 1 is 1.33 bits per heavy atom. The molecule has 1 aliphatic heterocycles. The molecule has 0 aliphatic carbocycles. The number of hydrogen-bond donors (Lipinski definition) is 0. The Labute approximate surface area is 108 Å². The third-order valence-electron chi connectivity index (χ3n) is 2.75. The average molecular weight is 276 g/mol. The molecule has 1 heterocycles. The minimum Gasteiger partial charge on any atom is -0.393 e. The molecule has 0 aromatic rings. The number of esters is 2. The Balaban J connectivity index is 2.56. The second-order valence-electron chi connectivity index (χ2n) is 4.69. The lowest BCUT2D eigenvalue weighted by Crippen LogP contribution is -2.46. The molecular weight excluding hydrogens is 256 g/mol. The second kappa shape index (κ2) is 6.42. The number of hydrogen-bond acceptors (Lipinski definition) is 6. The molecule has 0 aromatic heterocycles. The maximum atomic E-state index is 11.3. The van der Waals surface area contributed by atoms with E-state index in [-0.39, 0.29) is 13.0 Å². The summed E-state index contributed by atoms with van der Waals surface area (Å²) in [5.74, 6) is -1.21. The van der Waals surface area contributed by atoms with Crippen molar-refractivity contribution in [3.05, 3.63) is 0 Å². The molecule has 0 aromatic carbocycles. The van der Waals surface area contributed by atoms with Crippen molar-refractivity contribution in [1.82, 2.24) is 0 Å². The van der Waals surface area contributed by atoms with Crippen molar-refractivity contribution in [1.29, 1.82) is 0 Å². The fourth-order valence-corrected chi connectivity index (χ4v) is 4.11. The lowest BCUT2D eigenvalue weighted by Gasteiger charge is -2.28. The molecule has 0 N–H and O–H groups in total. The fourth-order valence-electron chi connectivity index (χ4n) is 1.80. The summed E-state index contributed by atoms with van der Waals surface area (Å²) in [6.45, 7) is 4.18. The van der Waals surface area contributed by atoms with E-state index in [9.17, 15) is 9.59 Å². The topological polar surface area (TPSA) is 71.1 Å². The van der Waals surface area contributed by atoms with Crippen LogP contribution >= 0.6 is 0 Å². The first kappa shape index (κ1) is 15.3. The predicted octanol–water partition coefficient (Wildman–Crippen LogP) is 0.980. The summed E-state index contributed by atoms with van der Waals surface area (Å²) in [6.07, 6.45) is 0.0679. The van der Waals surface area contributed by atoms with Crippen LogP contribution in [0.15, 0.2) is 0 Å². The zero-order valence-electron chi connectivity index (χ0n) is 11.2. The monoisotopic (exact) mass is 276 g/mol. The van der Waals surface area contributed by atoms with Crippen molar-refractivity contribution in [2.75, 3.05) is 20.8 Å². The molecule has 6 nitrogen and oxygen atoms in total. The Morgan fingerprint density at radius 2 is 1.94 bits per heavy atom. The minimum absolute atomic E-state index is 0.0679. The van der Waals surface area contributed by atoms with Crippen molar-refractivity contribution in [3.63, 3.8) is 0 Å². The van der Waals surface area contributed by atoms with Gasteiger partial charge in [0, 0.05) is 20.3 Å². The molecule has 1 saturated heterocycles. The van der Waals surface area contributed by atoms with E-state index in [0.717, 1.165) is 0 Å². The standard InChI is InChI=1S/C11H20O6Si/c1-8(2)7-18(14-3,15-4)16-6-9-5-10(12)17-11(9)13/h8-9H,5-7H2,1-4H3. The molecule has 1 unspecified atom stereocenters. The number of ether oxygens (including phenoxy) is 1. The number of carbonyl (C=O) groups excluding carboxylic acids is 2. The number of carbonyl (C=O) groups is 2. The van der Waals surface area contributed by atoms with Gasteiger partial charge in [-0.25, -0.2) is 0 Å². The number of cyclic esters (lactones) is 2. The molecule has 1 rings (SSSR count). The molecule has 1 aliphatic rings. The SMILES string of the molecule is CO[Si](CC(C)C)(OC)OCC1CC(=O)OC1=O. The lowest BCUT2D eigenvalue weighted by molar-refractivity contribution is -0.153. The first-order valence-corrected chi connectivity index (χ1v) is 7.84. The van der Waals surface area contributed by atoms with Gasteiger partial charge >= 0.3 is 20.7 Å². The van der Waals surface area contributed by atoms with Crippen LogP contribution in [0.3, 0.4) is 0 Å². The normalized spacial score (nSPS) is 20.6. The molecule has 0 saturated carbocycles. The smallest absolute Gasteiger partial charge is 0.393 e. The van der Waals surface area contributed by atoms with Crippen LogP contribution in [0.1, 0.15) is 20.3 Å². The van der Waals surface area contributed by atoms with Crippen molar-refractivity contribution >= 4 is 20.7 Å². The van der Waals surface area contributed by atoms with Gasteiger partial charge in [-0.05, 0) is 5.92 Å². The first-order valence-electron chi connectivity index (χ1n) is 5.91. The summed E-state index contributed by atoms with van der Waals surface area (Å²) in [4.78, 5) is 22.3. The van der Waals surface area contributed by atoms with Crippen LogP contribution in [0.2, 0.25) is 6.04 Å². The van der Waals surface area contributed by atoms with Gasteiger partial charge in [-0.3, -0.25) is 9.59 Å². The first-order chi connectivity index (χ1) is 8.42. The van der Waals surface area contributed by atoms with E-state index >= 15 is 0 Å². The summed E-state index contributed by atoms with van der Waals surface area (Å²) in [6, 6.07) is 0.662. The van der Waals surface area contributed by atoms with E-state index < -0.39 is 26.7 Å². The highest BCUT2D eigenvalue weighted by atomic mass is 28.4. The Kier molecular flexibility index (Phi) is 5.45. The third kappa shape index (κ3) is 3.87. The molecule has 104 valence electrons. The second-order valence-corrected chi connectivity index (χ2v) is 7.57. The van der Waals surface area contributed by atoms with Crippen LogP contribution in [-0.4, -0.2) is 41.6 Å². The zero-order valence-corrected chi connectivity index (χ0v) is 12.2. The molecule has 1 fully saturated rings. The Morgan fingerprint density at radius 3 is 2.33 bits per heavy atom. The van der Waals surface area contributed by atoms with Crippen LogP contribution in [0.4, 0.5) is 0 Å².